The average Bonchev–Trinajstić information content (AvgIpc) is 2.89. The zero-order chi connectivity index (χ0) is 9.26. The normalized spacial score (nSPS) is 28.7. The second-order valence-electron chi connectivity index (χ2n) is 3.97. The Morgan fingerprint density at radius 3 is 2.92 bits per heavy atom. The van der Waals surface area contributed by atoms with Crippen LogP contribution in [-0.2, 0) is 0 Å². The maximum absolute atomic E-state index is 11.6. The number of rotatable bonds is 1. The number of carbonyl (C=O) groups excluding carboxylic acids is 1. The van der Waals surface area contributed by atoms with Gasteiger partial charge in [-0.2, -0.15) is 0 Å². The van der Waals surface area contributed by atoms with Crippen LogP contribution in [0.2, 0.25) is 0 Å². The molecule has 1 heterocycles. The number of nitrogens with zero attached hydrogens (tertiary/aromatic N) is 1. The largest absolute Gasteiger partial charge is 0.335 e. The molecular formula is C9H17N3O. The molecule has 0 radical (unpaired) electrons. The van der Waals surface area contributed by atoms with Gasteiger partial charge in [-0.05, 0) is 19.8 Å². The molecule has 2 rings (SSSR count). The Bertz CT molecular complexity index is 203. The van der Waals surface area contributed by atoms with Gasteiger partial charge in [0.1, 0.15) is 0 Å². The van der Waals surface area contributed by atoms with E-state index < -0.39 is 0 Å². The SMILES string of the molecule is CC1CNCCN1C(=O)NC1CC1. The molecule has 0 bridgehead atoms. The van der Waals surface area contributed by atoms with Crippen LogP contribution in [0.15, 0.2) is 0 Å². The number of hydrogen-bond acceptors (Lipinski definition) is 2. The quantitative estimate of drug-likeness (QED) is 0.608. The highest BCUT2D eigenvalue weighted by molar-refractivity contribution is 5.75. The first kappa shape index (κ1) is 8.81. The van der Waals surface area contributed by atoms with E-state index >= 15 is 0 Å². The number of hydrogen-bond donors (Lipinski definition) is 2. The molecule has 1 unspecified atom stereocenters. The molecule has 0 aromatic rings. The molecule has 74 valence electrons. The maximum Gasteiger partial charge on any atom is 0.317 e. The predicted molar refractivity (Wildman–Crippen MR) is 50.6 cm³/mol. The summed E-state index contributed by atoms with van der Waals surface area (Å²) < 4.78 is 0. The molecule has 0 spiro atoms. The monoisotopic (exact) mass is 183 g/mol. The Labute approximate surface area is 78.7 Å². The van der Waals surface area contributed by atoms with Crippen molar-refractivity contribution >= 4 is 6.03 Å². The van der Waals surface area contributed by atoms with Gasteiger partial charge in [-0.15, -0.1) is 0 Å². The van der Waals surface area contributed by atoms with Crippen LogP contribution in [0.25, 0.3) is 0 Å². The molecule has 2 fully saturated rings. The van der Waals surface area contributed by atoms with Crippen LogP contribution in [-0.4, -0.2) is 42.6 Å². The smallest absolute Gasteiger partial charge is 0.317 e. The zero-order valence-corrected chi connectivity index (χ0v) is 8.05. The Morgan fingerprint density at radius 1 is 1.54 bits per heavy atom. The molecule has 0 aromatic carbocycles. The van der Waals surface area contributed by atoms with Crippen LogP contribution in [0.3, 0.4) is 0 Å². The van der Waals surface area contributed by atoms with Crippen molar-refractivity contribution in [3.63, 3.8) is 0 Å². The van der Waals surface area contributed by atoms with Crippen molar-refractivity contribution in [2.24, 2.45) is 0 Å². The molecular weight excluding hydrogens is 166 g/mol. The minimum absolute atomic E-state index is 0.122. The third kappa shape index (κ3) is 2.12. The minimum Gasteiger partial charge on any atom is -0.335 e. The lowest BCUT2D eigenvalue weighted by atomic mass is 10.2. The summed E-state index contributed by atoms with van der Waals surface area (Å²) in [6.45, 7) is 4.75. The van der Waals surface area contributed by atoms with Gasteiger partial charge >= 0.3 is 6.03 Å². The van der Waals surface area contributed by atoms with E-state index in [1.54, 1.807) is 0 Å². The fraction of sp³-hybridized carbons (Fsp3) is 0.889. The summed E-state index contributed by atoms with van der Waals surface area (Å²) in [5.74, 6) is 0. The highest BCUT2D eigenvalue weighted by Gasteiger charge is 2.28. The minimum atomic E-state index is 0.122. The third-order valence-electron chi connectivity index (χ3n) is 2.67. The highest BCUT2D eigenvalue weighted by atomic mass is 16.2. The van der Waals surface area contributed by atoms with Crippen molar-refractivity contribution in [2.75, 3.05) is 19.6 Å². The van der Waals surface area contributed by atoms with E-state index in [-0.39, 0.29) is 6.03 Å². The van der Waals surface area contributed by atoms with Crippen LogP contribution >= 0.6 is 0 Å². The van der Waals surface area contributed by atoms with Crippen LogP contribution in [0.1, 0.15) is 19.8 Å². The van der Waals surface area contributed by atoms with Crippen LogP contribution in [0, 0.1) is 0 Å². The van der Waals surface area contributed by atoms with Gasteiger partial charge in [0.05, 0.1) is 0 Å². The maximum atomic E-state index is 11.6. The van der Waals surface area contributed by atoms with Gasteiger partial charge < -0.3 is 15.5 Å². The fourth-order valence-electron chi connectivity index (χ4n) is 1.63. The van der Waals surface area contributed by atoms with Gasteiger partial charge in [0.15, 0.2) is 0 Å². The summed E-state index contributed by atoms with van der Waals surface area (Å²) in [5.41, 5.74) is 0. The van der Waals surface area contributed by atoms with Gasteiger partial charge in [-0.25, -0.2) is 4.79 Å². The van der Waals surface area contributed by atoms with Gasteiger partial charge in [0.25, 0.3) is 0 Å². The summed E-state index contributed by atoms with van der Waals surface area (Å²) in [4.78, 5) is 13.6. The van der Waals surface area contributed by atoms with Gasteiger partial charge in [0, 0.05) is 31.7 Å². The third-order valence-corrected chi connectivity index (χ3v) is 2.67. The van der Waals surface area contributed by atoms with Crippen LogP contribution in [0.5, 0.6) is 0 Å². The van der Waals surface area contributed by atoms with E-state index in [4.69, 9.17) is 0 Å². The summed E-state index contributed by atoms with van der Waals surface area (Å²) in [7, 11) is 0. The van der Waals surface area contributed by atoms with E-state index in [1.165, 1.54) is 0 Å². The number of urea groups is 1. The number of piperazine rings is 1. The lowest BCUT2D eigenvalue weighted by Gasteiger charge is -2.33. The fourth-order valence-corrected chi connectivity index (χ4v) is 1.63. The predicted octanol–water partition coefficient (Wildman–Crippen LogP) is 0.152. The lowest BCUT2D eigenvalue weighted by molar-refractivity contribution is 0.164. The molecule has 1 atom stereocenters. The van der Waals surface area contributed by atoms with E-state index in [9.17, 15) is 4.79 Å². The van der Waals surface area contributed by atoms with Crippen molar-refractivity contribution in [3.05, 3.63) is 0 Å². The van der Waals surface area contributed by atoms with E-state index in [0.29, 0.717) is 12.1 Å². The summed E-state index contributed by atoms with van der Waals surface area (Å²) in [5, 5.41) is 6.28. The summed E-state index contributed by atoms with van der Waals surface area (Å²) in [6, 6.07) is 0.915. The average molecular weight is 183 g/mol. The Morgan fingerprint density at radius 2 is 2.31 bits per heavy atom. The first-order valence-corrected chi connectivity index (χ1v) is 5.05. The van der Waals surface area contributed by atoms with Gasteiger partial charge in [-0.3, -0.25) is 0 Å². The van der Waals surface area contributed by atoms with Crippen molar-refractivity contribution in [2.45, 2.75) is 31.8 Å². The van der Waals surface area contributed by atoms with Crippen molar-refractivity contribution in [1.82, 2.24) is 15.5 Å². The van der Waals surface area contributed by atoms with E-state index in [1.807, 2.05) is 4.90 Å². The first-order valence-electron chi connectivity index (χ1n) is 5.05. The zero-order valence-electron chi connectivity index (χ0n) is 8.05. The molecule has 4 nitrogen and oxygen atoms in total. The van der Waals surface area contributed by atoms with Crippen LogP contribution < -0.4 is 10.6 Å². The second-order valence-corrected chi connectivity index (χ2v) is 3.97. The molecule has 1 aliphatic heterocycles. The second kappa shape index (κ2) is 3.54. The van der Waals surface area contributed by atoms with Gasteiger partial charge in [0.2, 0.25) is 0 Å². The number of amides is 2. The molecule has 4 heteroatoms. The Hall–Kier alpha value is -0.770. The summed E-state index contributed by atoms with van der Waals surface area (Å²) in [6.07, 6.45) is 2.32. The van der Waals surface area contributed by atoms with Crippen molar-refractivity contribution in [3.8, 4) is 0 Å². The van der Waals surface area contributed by atoms with E-state index in [0.717, 1.165) is 32.5 Å². The Kier molecular flexibility index (Phi) is 2.40. The first-order chi connectivity index (χ1) is 6.27. The lowest BCUT2D eigenvalue weighted by Crippen LogP contribution is -2.55. The molecule has 1 saturated carbocycles. The number of carbonyl (C=O) groups is 1. The van der Waals surface area contributed by atoms with Crippen LogP contribution in [0.4, 0.5) is 4.79 Å². The molecule has 0 aromatic heterocycles. The van der Waals surface area contributed by atoms with E-state index in [2.05, 4.69) is 17.6 Å². The molecule has 2 amide bonds. The molecule has 1 saturated heterocycles. The molecule has 2 N–H and O–H groups in total. The van der Waals surface area contributed by atoms with Crippen molar-refractivity contribution in [1.29, 1.82) is 0 Å². The Balaban J connectivity index is 1.85. The molecule has 1 aliphatic carbocycles. The summed E-state index contributed by atoms with van der Waals surface area (Å²) >= 11 is 0. The molecule has 13 heavy (non-hydrogen) atoms. The number of nitrogens with one attached hydrogen (secondary N) is 2. The van der Waals surface area contributed by atoms with Gasteiger partial charge in [-0.1, -0.05) is 0 Å². The standard InChI is InChI=1S/C9H17N3O/c1-7-6-10-4-5-12(7)9(13)11-8-2-3-8/h7-8,10H,2-6H2,1H3,(H,11,13). The van der Waals surface area contributed by atoms with Crippen molar-refractivity contribution < 1.29 is 4.79 Å². The highest BCUT2D eigenvalue weighted by Crippen LogP contribution is 2.19. The molecule has 2 aliphatic rings. The topological polar surface area (TPSA) is 44.4 Å².